The first kappa shape index (κ1) is 21.0. The standard InChI is InChI=1S/C25H18F2N4OS/c1-15-21(24-29-23(30-32-24)17-7-9-18(26)10-8-17)22(16-5-3-2-4-6-16)28-25(33)31(15)20-13-11-19(27)12-14-20/h2-14,22H,1H3,(H,28,33). The van der Waals surface area contributed by atoms with E-state index in [2.05, 4.69) is 15.5 Å². The van der Waals surface area contributed by atoms with Gasteiger partial charge in [-0.25, -0.2) is 8.78 Å². The molecule has 1 unspecified atom stereocenters. The van der Waals surface area contributed by atoms with Crippen molar-refractivity contribution in [2.24, 2.45) is 0 Å². The van der Waals surface area contributed by atoms with Gasteiger partial charge in [-0.15, -0.1) is 0 Å². The first-order valence-electron chi connectivity index (χ1n) is 10.2. The fourth-order valence-corrected chi connectivity index (χ4v) is 4.23. The first-order valence-corrected chi connectivity index (χ1v) is 10.6. The van der Waals surface area contributed by atoms with Crippen molar-refractivity contribution in [3.8, 4) is 11.4 Å². The average Bonchev–Trinajstić information content (AvgIpc) is 3.30. The summed E-state index contributed by atoms with van der Waals surface area (Å²) in [4.78, 5) is 6.41. The summed E-state index contributed by atoms with van der Waals surface area (Å²) >= 11 is 5.68. The molecule has 4 aromatic rings. The van der Waals surface area contributed by atoms with Crippen molar-refractivity contribution in [1.29, 1.82) is 0 Å². The van der Waals surface area contributed by atoms with E-state index >= 15 is 0 Å². The Balaban J connectivity index is 1.64. The molecule has 1 atom stereocenters. The van der Waals surface area contributed by atoms with Gasteiger partial charge in [-0.05, 0) is 73.2 Å². The molecule has 2 heterocycles. The quantitative estimate of drug-likeness (QED) is 0.384. The molecule has 0 radical (unpaired) electrons. The summed E-state index contributed by atoms with van der Waals surface area (Å²) in [7, 11) is 0. The maximum absolute atomic E-state index is 13.5. The van der Waals surface area contributed by atoms with Crippen LogP contribution in [-0.4, -0.2) is 15.3 Å². The van der Waals surface area contributed by atoms with Crippen LogP contribution in [0.4, 0.5) is 14.5 Å². The van der Waals surface area contributed by atoms with E-state index in [-0.39, 0.29) is 17.7 Å². The third kappa shape index (κ3) is 4.01. The van der Waals surface area contributed by atoms with Crippen molar-refractivity contribution >= 4 is 28.6 Å². The Bertz CT molecular complexity index is 1340. The Morgan fingerprint density at radius 1 is 0.909 bits per heavy atom. The van der Waals surface area contributed by atoms with Crippen LogP contribution in [0.25, 0.3) is 17.0 Å². The highest BCUT2D eigenvalue weighted by atomic mass is 32.1. The van der Waals surface area contributed by atoms with Gasteiger partial charge in [0.15, 0.2) is 5.11 Å². The predicted octanol–water partition coefficient (Wildman–Crippen LogP) is 5.88. The molecule has 1 N–H and O–H groups in total. The van der Waals surface area contributed by atoms with Gasteiger partial charge in [0.2, 0.25) is 5.82 Å². The van der Waals surface area contributed by atoms with Crippen molar-refractivity contribution in [3.63, 3.8) is 0 Å². The minimum Gasteiger partial charge on any atom is -0.351 e. The lowest BCUT2D eigenvalue weighted by molar-refractivity contribution is 0.404. The van der Waals surface area contributed by atoms with Gasteiger partial charge in [-0.3, -0.25) is 4.90 Å². The molecule has 0 saturated carbocycles. The number of nitrogens with zero attached hydrogens (tertiary/aromatic N) is 3. The molecule has 1 aliphatic heterocycles. The number of allylic oxidation sites excluding steroid dienone is 1. The first-order chi connectivity index (χ1) is 16.0. The second-order valence-corrected chi connectivity index (χ2v) is 7.92. The maximum atomic E-state index is 13.5. The Hall–Kier alpha value is -3.91. The van der Waals surface area contributed by atoms with Crippen molar-refractivity contribution in [2.45, 2.75) is 13.0 Å². The topological polar surface area (TPSA) is 54.2 Å². The molecule has 0 bridgehead atoms. The summed E-state index contributed by atoms with van der Waals surface area (Å²) in [6, 6.07) is 21.4. The summed E-state index contributed by atoms with van der Waals surface area (Å²) in [5.74, 6) is -0.0222. The van der Waals surface area contributed by atoms with E-state index in [9.17, 15) is 8.78 Å². The Morgan fingerprint density at radius 2 is 1.55 bits per heavy atom. The molecule has 0 fully saturated rings. The smallest absolute Gasteiger partial charge is 0.258 e. The molecule has 0 spiro atoms. The minimum absolute atomic E-state index is 0.308. The fraction of sp³-hybridized carbons (Fsp3) is 0.0800. The van der Waals surface area contributed by atoms with Crippen molar-refractivity contribution in [3.05, 3.63) is 108 Å². The molecule has 0 saturated heterocycles. The summed E-state index contributed by atoms with van der Waals surface area (Å²) in [6.07, 6.45) is 0. The maximum Gasteiger partial charge on any atom is 0.258 e. The van der Waals surface area contributed by atoms with Crippen LogP contribution in [0.1, 0.15) is 24.4 Å². The molecule has 1 aliphatic rings. The number of nitrogens with one attached hydrogen (secondary N) is 1. The summed E-state index contributed by atoms with van der Waals surface area (Å²) in [5.41, 5.74) is 3.81. The van der Waals surface area contributed by atoms with Gasteiger partial charge in [-0.2, -0.15) is 4.98 Å². The van der Waals surface area contributed by atoms with Crippen LogP contribution in [0.15, 0.2) is 89.1 Å². The highest BCUT2D eigenvalue weighted by Gasteiger charge is 2.34. The highest BCUT2D eigenvalue weighted by molar-refractivity contribution is 7.80. The van der Waals surface area contributed by atoms with Crippen LogP contribution in [0.3, 0.4) is 0 Å². The molecule has 1 aromatic heterocycles. The van der Waals surface area contributed by atoms with E-state index in [4.69, 9.17) is 16.7 Å². The fourth-order valence-electron chi connectivity index (χ4n) is 3.87. The van der Waals surface area contributed by atoms with Gasteiger partial charge < -0.3 is 9.84 Å². The normalized spacial score (nSPS) is 16.2. The van der Waals surface area contributed by atoms with E-state index in [1.807, 2.05) is 42.2 Å². The van der Waals surface area contributed by atoms with Crippen molar-refractivity contribution in [2.75, 3.05) is 4.90 Å². The lowest BCUT2D eigenvalue weighted by Crippen LogP contribution is -2.46. The highest BCUT2D eigenvalue weighted by Crippen LogP contribution is 2.39. The van der Waals surface area contributed by atoms with E-state index in [1.54, 1.807) is 24.3 Å². The number of anilines is 1. The zero-order valence-electron chi connectivity index (χ0n) is 17.5. The van der Waals surface area contributed by atoms with Gasteiger partial charge in [0, 0.05) is 16.9 Å². The number of rotatable bonds is 4. The second kappa shape index (κ2) is 8.55. The van der Waals surface area contributed by atoms with Crippen LogP contribution >= 0.6 is 12.2 Å². The largest absolute Gasteiger partial charge is 0.351 e. The summed E-state index contributed by atoms with van der Waals surface area (Å²) < 4.78 is 32.5. The van der Waals surface area contributed by atoms with E-state index < -0.39 is 0 Å². The van der Waals surface area contributed by atoms with Gasteiger partial charge in [0.25, 0.3) is 5.89 Å². The second-order valence-electron chi connectivity index (χ2n) is 7.53. The number of hydrogen-bond acceptors (Lipinski definition) is 4. The molecule has 33 heavy (non-hydrogen) atoms. The van der Waals surface area contributed by atoms with Crippen molar-refractivity contribution < 1.29 is 13.3 Å². The molecule has 164 valence electrons. The number of thiocarbonyl (C=S) groups is 1. The molecule has 5 rings (SSSR count). The van der Waals surface area contributed by atoms with Gasteiger partial charge in [0.1, 0.15) is 11.6 Å². The summed E-state index contributed by atoms with van der Waals surface area (Å²) in [5, 5.41) is 7.94. The zero-order chi connectivity index (χ0) is 22.9. The molecular weight excluding hydrogens is 442 g/mol. The number of hydrogen-bond donors (Lipinski definition) is 1. The zero-order valence-corrected chi connectivity index (χ0v) is 18.3. The molecule has 8 heteroatoms. The monoisotopic (exact) mass is 460 g/mol. The van der Waals surface area contributed by atoms with Crippen LogP contribution in [0.2, 0.25) is 0 Å². The van der Waals surface area contributed by atoms with E-state index in [1.165, 1.54) is 24.3 Å². The minimum atomic E-state index is -0.343. The van der Waals surface area contributed by atoms with Crippen LogP contribution in [0.5, 0.6) is 0 Å². The Labute approximate surface area is 194 Å². The Morgan fingerprint density at radius 3 is 2.21 bits per heavy atom. The van der Waals surface area contributed by atoms with Gasteiger partial charge in [0.05, 0.1) is 11.6 Å². The van der Waals surface area contributed by atoms with Gasteiger partial charge in [-0.1, -0.05) is 35.5 Å². The van der Waals surface area contributed by atoms with E-state index in [0.717, 1.165) is 16.8 Å². The van der Waals surface area contributed by atoms with Crippen LogP contribution in [-0.2, 0) is 0 Å². The third-order valence-corrected chi connectivity index (χ3v) is 5.76. The lowest BCUT2D eigenvalue weighted by atomic mass is 9.94. The molecule has 0 amide bonds. The molecule has 5 nitrogen and oxygen atoms in total. The number of benzene rings is 3. The molecule has 0 aliphatic carbocycles. The molecular formula is C25H18F2N4OS. The number of aromatic nitrogens is 2. The molecule has 3 aromatic carbocycles. The summed E-state index contributed by atoms with van der Waals surface area (Å²) in [6.45, 7) is 1.91. The average molecular weight is 461 g/mol. The Kier molecular flexibility index (Phi) is 5.43. The predicted molar refractivity (Wildman–Crippen MR) is 126 cm³/mol. The van der Waals surface area contributed by atoms with Crippen LogP contribution < -0.4 is 10.2 Å². The van der Waals surface area contributed by atoms with E-state index in [0.29, 0.717) is 28.1 Å². The SMILES string of the molecule is CC1=C(c2nc(-c3ccc(F)cc3)no2)C(c2ccccc2)NC(=S)N1c1ccc(F)cc1. The van der Waals surface area contributed by atoms with Crippen molar-refractivity contribution in [1.82, 2.24) is 15.5 Å². The lowest BCUT2D eigenvalue weighted by Gasteiger charge is -2.37. The number of halogens is 2. The van der Waals surface area contributed by atoms with Crippen LogP contribution in [0, 0.1) is 11.6 Å². The third-order valence-electron chi connectivity index (χ3n) is 5.46. The van der Waals surface area contributed by atoms with Gasteiger partial charge >= 0.3 is 0 Å².